The van der Waals surface area contributed by atoms with Crippen LogP contribution in [0.4, 0.5) is 0 Å². The van der Waals surface area contributed by atoms with Gasteiger partial charge in [0, 0.05) is 12.3 Å². The molecule has 0 N–H and O–H groups in total. The molecule has 1 aromatic rings. The van der Waals surface area contributed by atoms with Gasteiger partial charge in [-0.2, -0.15) is 0 Å². The summed E-state index contributed by atoms with van der Waals surface area (Å²) in [5, 5.41) is 0. The molecule has 0 spiro atoms. The van der Waals surface area contributed by atoms with Crippen LogP contribution in [0.25, 0.3) is 0 Å². The Kier molecular flexibility index (Phi) is 2.19. The van der Waals surface area contributed by atoms with Crippen molar-refractivity contribution in [2.45, 2.75) is 19.3 Å². The molecule has 0 bridgehead atoms. The third-order valence-corrected chi connectivity index (χ3v) is 2.35. The van der Waals surface area contributed by atoms with Gasteiger partial charge < -0.3 is 9.15 Å². The maximum atomic E-state index is 10.5. The topological polar surface area (TPSA) is 39.4 Å². The molecule has 0 fully saturated rings. The molecule has 1 atom stereocenters. The van der Waals surface area contributed by atoms with Crippen LogP contribution in [0, 0.1) is 0 Å². The number of ether oxygens (including phenoxy) is 1. The van der Waals surface area contributed by atoms with E-state index in [1.54, 1.807) is 0 Å². The molecule has 70 valence electrons. The van der Waals surface area contributed by atoms with Crippen LogP contribution >= 0.6 is 0 Å². The van der Waals surface area contributed by atoms with Gasteiger partial charge in [0.2, 0.25) is 0 Å². The summed E-state index contributed by atoms with van der Waals surface area (Å²) in [5.74, 6) is 1.67. The van der Waals surface area contributed by atoms with Crippen molar-refractivity contribution in [3.8, 4) is 0 Å². The first kappa shape index (κ1) is 8.51. The molecule has 1 aromatic heterocycles. The molecule has 0 saturated heterocycles. The number of hydrogen-bond acceptors (Lipinski definition) is 3. The second-order valence-corrected chi connectivity index (χ2v) is 3.37. The Balaban J connectivity index is 2.38. The first-order valence-electron chi connectivity index (χ1n) is 4.47. The van der Waals surface area contributed by atoms with Gasteiger partial charge in [0.15, 0.2) is 12.0 Å². The lowest BCUT2D eigenvalue weighted by Crippen LogP contribution is -2.00. The van der Waals surface area contributed by atoms with E-state index in [4.69, 9.17) is 9.15 Å². The van der Waals surface area contributed by atoms with E-state index in [9.17, 15) is 4.79 Å². The van der Waals surface area contributed by atoms with E-state index >= 15 is 0 Å². The SMILES string of the molecule is CC1COCCc2oc(C=O)cc21. The molecule has 0 radical (unpaired) electrons. The van der Waals surface area contributed by atoms with E-state index in [1.165, 1.54) is 0 Å². The van der Waals surface area contributed by atoms with Gasteiger partial charge in [0.05, 0.1) is 13.2 Å². The van der Waals surface area contributed by atoms with Gasteiger partial charge in [0.1, 0.15) is 5.76 Å². The summed E-state index contributed by atoms with van der Waals surface area (Å²) in [5.41, 5.74) is 1.12. The summed E-state index contributed by atoms with van der Waals surface area (Å²) in [7, 11) is 0. The number of fused-ring (bicyclic) bond motifs is 1. The second kappa shape index (κ2) is 3.34. The lowest BCUT2D eigenvalue weighted by molar-refractivity contribution is 0.109. The highest BCUT2D eigenvalue weighted by atomic mass is 16.5. The summed E-state index contributed by atoms with van der Waals surface area (Å²) in [6.45, 7) is 3.47. The zero-order valence-corrected chi connectivity index (χ0v) is 7.58. The maximum absolute atomic E-state index is 10.5. The highest BCUT2D eigenvalue weighted by molar-refractivity contribution is 5.71. The van der Waals surface area contributed by atoms with Crippen LogP contribution in [0.5, 0.6) is 0 Å². The molecule has 3 nitrogen and oxygen atoms in total. The van der Waals surface area contributed by atoms with E-state index in [2.05, 4.69) is 6.92 Å². The van der Waals surface area contributed by atoms with Crippen molar-refractivity contribution in [2.75, 3.05) is 13.2 Å². The first-order valence-corrected chi connectivity index (χ1v) is 4.47. The Hall–Kier alpha value is -1.09. The summed E-state index contributed by atoms with van der Waals surface area (Å²) < 4.78 is 10.7. The van der Waals surface area contributed by atoms with Crippen LogP contribution in [-0.4, -0.2) is 19.5 Å². The number of rotatable bonds is 1. The number of aldehydes is 1. The minimum Gasteiger partial charge on any atom is -0.458 e. The van der Waals surface area contributed by atoms with Crippen LogP contribution in [0.1, 0.15) is 34.7 Å². The van der Waals surface area contributed by atoms with E-state index in [-0.39, 0.29) is 0 Å². The molecule has 2 heterocycles. The molecule has 2 rings (SSSR count). The van der Waals surface area contributed by atoms with Crippen molar-refractivity contribution < 1.29 is 13.9 Å². The van der Waals surface area contributed by atoms with Crippen molar-refractivity contribution in [2.24, 2.45) is 0 Å². The van der Waals surface area contributed by atoms with Crippen molar-refractivity contribution >= 4 is 6.29 Å². The average Bonchev–Trinajstić information content (AvgIpc) is 2.48. The van der Waals surface area contributed by atoms with Crippen molar-refractivity contribution in [1.82, 2.24) is 0 Å². The van der Waals surface area contributed by atoms with Gasteiger partial charge in [-0.25, -0.2) is 0 Å². The van der Waals surface area contributed by atoms with Crippen LogP contribution in [0.2, 0.25) is 0 Å². The summed E-state index contributed by atoms with van der Waals surface area (Å²) >= 11 is 0. The number of hydrogen-bond donors (Lipinski definition) is 0. The van der Waals surface area contributed by atoms with E-state index in [0.29, 0.717) is 24.9 Å². The lowest BCUT2D eigenvalue weighted by atomic mass is 10.0. The number of carbonyl (C=O) groups is 1. The molecular weight excluding hydrogens is 168 g/mol. The Morgan fingerprint density at radius 2 is 2.46 bits per heavy atom. The molecule has 0 amide bonds. The van der Waals surface area contributed by atoms with Crippen LogP contribution in [0.15, 0.2) is 10.5 Å². The fourth-order valence-corrected chi connectivity index (χ4v) is 1.65. The van der Waals surface area contributed by atoms with E-state index in [1.807, 2.05) is 6.07 Å². The monoisotopic (exact) mass is 180 g/mol. The van der Waals surface area contributed by atoms with Gasteiger partial charge >= 0.3 is 0 Å². The lowest BCUT2D eigenvalue weighted by Gasteiger charge is -2.05. The molecule has 3 heteroatoms. The molecule has 0 aromatic carbocycles. The van der Waals surface area contributed by atoms with E-state index < -0.39 is 0 Å². The molecular formula is C10H12O3. The van der Waals surface area contributed by atoms with Crippen molar-refractivity contribution in [3.63, 3.8) is 0 Å². The van der Waals surface area contributed by atoms with Gasteiger partial charge in [-0.1, -0.05) is 6.92 Å². The van der Waals surface area contributed by atoms with Gasteiger partial charge in [-0.3, -0.25) is 4.79 Å². The molecule has 1 aliphatic heterocycles. The maximum Gasteiger partial charge on any atom is 0.185 e. The minimum absolute atomic E-state index is 0.329. The fraction of sp³-hybridized carbons (Fsp3) is 0.500. The van der Waals surface area contributed by atoms with Crippen molar-refractivity contribution in [3.05, 3.63) is 23.2 Å². The zero-order chi connectivity index (χ0) is 9.26. The van der Waals surface area contributed by atoms with Crippen LogP contribution in [-0.2, 0) is 11.2 Å². The Bertz CT molecular complexity index is 314. The molecule has 1 unspecified atom stereocenters. The highest BCUT2D eigenvalue weighted by Crippen LogP contribution is 2.26. The third-order valence-electron chi connectivity index (χ3n) is 2.35. The highest BCUT2D eigenvalue weighted by Gasteiger charge is 2.19. The Labute approximate surface area is 76.7 Å². The smallest absolute Gasteiger partial charge is 0.185 e. The molecule has 13 heavy (non-hydrogen) atoms. The second-order valence-electron chi connectivity index (χ2n) is 3.37. The standard InChI is InChI=1S/C10H12O3/c1-7-6-12-3-2-10-9(7)4-8(5-11)13-10/h4-5,7H,2-3,6H2,1H3. The molecule has 1 aliphatic rings. The summed E-state index contributed by atoms with van der Waals surface area (Å²) in [4.78, 5) is 10.5. The predicted octanol–water partition coefficient (Wildman–Crippen LogP) is 1.77. The summed E-state index contributed by atoms with van der Waals surface area (Å²) in [6, 6.07) is 1.82. The van der Waals surface area contributed by atoms with Crippen molar-refractivity contribution in [1.29, 1.82) is 0 Å². The first-order chi connectivity index (χ1) is 6.31. The van der Waals surface area contributed by atoms with Crippen LogP contribution < -0.4 is 0 Å². The normalized spacial score (nSPS) is 22.1. The van der Waals surface area contributed by atoms with Gasteiger partial charge in [0.25, 0.3) is 0 Å². The quantitative estimate of drug-likeness (QED) is 0.618. The minimum atomic E-state index is 0.329. The Morgan fingerprint density at radius 3 is 3.23 bits per heavy atom. The Morgan fingerprint density at radius 1 is 1.62 bits per heavy atom. The molecule has 0 saturated carbocycles. The van der Waals surface area contributed by atoms with E-state index in [0.717, 1.165) is 24.0 Å². The van der Waals surface area contributed by atoms with Crippen LogP contribution in [0.3, 0.4) is 0 Å². The van der Waals surface area contributed by atoms with Gasteiger partial charge in [-0.15, -0.1) is 0 Å². The average molecular weight is 180 g/mol. The third kappa shape index (κ3) is 1.52. The largest absolute Gasteiger partial charge is 0.458 e. The summed E-state index contributed by atoms with van der Waals surface area (Å²) in [6.07, 6.45) is 1.52. The van der Waals surface area contributed by atoms with Gasteiger partial charge in [-0.05, 0) is 11.6 Å². The fourth-order valence-electron chi connectivity index (χ4n) is 1.65. The molecule has 0 aliphatic carbocycles. The zero-order valence-electron chi connectivity index (χ0n) is 7.58. The predicted molar refractivity (Wildman–Crippen MR) is 47.0 cm³/mol. The number of furan rings is 1. The number of carbonyl (C=O) groups excluding carboxylic acids is 1.